The normalized spacial score (nSPS) is 28.7. The molecule has 24 heavy (non-hydrogen) atoms. The zero-order chi connectivity index (χ0) is 16.7. The molecule has 3 aliphatic rings. The van der Waals surface area contributed by atoms with E-state index in [0.717, 1.165) is 31.5 Å². The highest BCUT2D eigenvalue weighted by atomic mass is 16.4. The van der Waals surface area contributed by atoms with E-state index in [0.29, 0.717) is 23.5 Å². The number of benzene rings is 1. The monoisotopic (exact) mass is 326 g/mol. The fourth-order valence-electron chi connectivity index (χ4n) is 4.01. The zero-order valence-electron chi connectivity index (χ0n) is 13.7. The molecule has 3 aliphatic heterocycles. The molecule has 5 heteroatoms. The van der Waals surface area contributed by atoms with Crippen LogP contribution in [-0.2, 0) is 0 Å². The van der Waals surface area contributed by atoms with E-state index in [2.05, 4.69) is 17.1 Å². The zero-order valence-corrected chi connectivity index (χ0v) is 13.7. The molecule has 1 aromatic heterocycles. The van der Waals surface area contributed by atoms with Crippen LogP contribution in [0.5, 0.6) is 5.75 Å². The van der Waals surface area contributed by atoms with Crippen molar-refractivity contribution in [2.75, 3.05) is 13.1 Å². The minimum absolute atomic E-state index is 0.148. The van der Waals surface area contributed by atoms with Crippen molar-refractivity contribution >= 4 is 5.91 Å². The number of aromatic hydroxyl groups is 1. The molecule has 0 spiro atoms. The first-order chi connectivity index (χ1) is 11.6. The summed E-state index contributed by atoms with van der Waals surface area (Å²) in [7, 11) is 0. The Morgan fingerprint density at radius 1 is 1.17 bits per heavy atom. The average Bonchev–Trinajstić information content (AvgIpc) is 3.09. The smallest absolute Gasteiger partial charge is 0.287 e. The van der Waals surface area contributed by atoms with Crippen molar-refractivity contribution in [1.82, 2.24) is 10.2 Å². The van der Waals surface area contributed by atoms with Crippen molar-refractivity contribution in [1.29, 1.82) is 0 Å². The van der Waals surface area contributed by atoms with Crippen molar-refractivity contribution in [2.45, 2.75) is 31.8 Å². The van der Waals surface area contributed by atoms with Gasteiger partial charge in [0.25, 0.3) is 5.91 Å². The fourth-order valence-corrected chi connectivity index (χ4v) is 4.01. The number of amides is 1. The van der Waals surface area contributed by atoms with E-state index in [9.17, 15) is 9.90 Å². The number of nitrogens with one attached hydrogen (secondary N) is 1. The second-order valence-electron chi connectivity index (χ2n) is 6.82. The van der Waals surface area contributed by atoms with Crippen molar-refractivity contribution in [2.24, 2.45) is 5.92 Å². The first-order valence-corrected chi connectivity index (χ1v) is 8.56. The first kappa shape index (κ1) is 15.3. The molecule has 1 aromatic carbocycles. The van der Waals surface area contributed by atoms with Crippen LogP contribution in [0.2, 0.25) is 0 Å². The quantitative estimate of drug-likeness (QED) is 0.910. The molecular weight excluding hydrogens is 304 g/mol. The molecule has 0 aliphatic carbocycles. The van der Waals surface area contributed by atoms with E-state index >= 15 is 0 Å². The lowest BCUT2D eigenvalue weighted by atomic mass is 9.79. The number of nitrogens with zero attached hydrogens (tertiary/aromatic N) is 1. The topological polar surface area (TPSA) is 65.7 Å². The fraction of sp³-hybridized carbons (Fsp3) is 0.421. The van der Waals surface area contributed by atoms with Gasteiger partial charge in [-0.2, -0.15) is 0 Å². The SMILES string of the molecule is C[C@H]1[C@H](NC(=O)c2ccc(-c3ccc(O)cc3)o2)C2CCN1CC2. The van der Waals surface area contributed by atoms with Gasteiger partial charge in [0, 0.05) is 17.6 Å². The van der Waals surface area contributed by atoms with Gasteiger partial charge in [0.05, 0.1) is 0 Å². The number of phenols is 1. The highest BCUT2D eigenvalue weighted by molar-refractivity contribution is 5.92. The van der Waals surface area contributed by atoms with Crippen LogP contribution in [0.4, 0.5) is 0 Å². The summed E-state index contributed by atoms with van der Waals surface area (Å²) < 4.78 is 5.72. The molecule has 3 saturated heterocycles. The molecule has 5 nitrogen and oxygen atoms in total. The number of hydrogen-bond acceptors (Lipinski definition) is 4. The van der Waals surface area contributed by atoms with E-state index in [1.54, 1.807) is 36.4 Å². The lowest BCUT2D eigenvalue weighted by Gasteiger charge is -2.49. The van der Waals surface area contributed by atoms with Crippen LogP contribution in [0.25, 0.3) is 11.3 Å². The highest BCUT2D eigenvalue weighted by Gasteiger charge is 2.40. The maximum atomic E-state index is 12.6. The Hall–Kier alpha value is -2.27. The largest absolute Gasteiger partial charge is 0.508 e. The molecule has 3 fully saturated rings. The van der Waals surface area contributed by atoms with Gasteiger partial charge >= 0.3 is 0 Å². The van der Waals surface area contributed by atoms with Crippen LogP contribution in [0.15, 0.2) is 40.8 Å². The molecule has 0 saturated carbocycles. The number of rotatable bonds is 3. The van der Waals surface area contributed by atoms with E-state index in [1.165, 1.54) is 0 Å². The first-order valence-electron chi connectivity index (χ1n) is 8.56. The Morgan fingerprint density at radius 3 is 2.54 bits per heavy atom. The van der Waals surface area contributed by atoms with E-state index in [4.69, 9.17) is 4.42 Å². The summed E-state index contributed by atoms with van der Waals surface area (Å²) in [5.74, 6) is 1.59. The van der Waals surface area contributed by atoms with Gasteiger partial charge in [-0.1, -0.05) is 0 Å². The average molecular weight is 326 g/mol. The van der Waals surface area contributed by atoms with Crippen LogP contribution >= 0.6 is 0 Å². The lowest BCUT2D eigenvalue weighted by Crippen LogP contribution is -2.62. The van der Waals surface area contributed by atoms with Gasteiger partial charge in [-0.15, -0.1) is 0 Å². The molecule has 2 atom stereocenters. The van der Waals surface area contributed by atoms with Crippen LogP contribution in [0.1, 0.15) is 30.3 Å². The molecule has 1 amide bonds. The van der Waals surface area contributed by atoms with E-state index in [1.807, 2.05) is 0 Å². The summed E-state index contributed by atoms with van der Waals surface area (Å²) in [5.41, 5.74) is 0.836. The Bertz CT molecular complexity index is 727. The third-order valence-electron chi connectivity index (χ3n) is 5.46. The second kappa shape index (κ2) is 5.98. The van der Waals surface area contributed by atoms with Gasteiger partial charge in [0.15, 0.2) is 5.76 Å². The second-order valence-corrected chi connectivity index (χ2v) is 6.82. The Labute approximate surface area is 141 Å². The molecule has 0 radical (unpaired) electrons. The summed E-state index contributed by atoms with van der Waals surface area (Å²) in [6.07, 6.45) is 2.32. The minimum Gasteiger partial charge on any atom is -0.508 e. The Kier molecular flexibility index (Phi) is 3.81. The maximum absolute atomic E-state index is 12.6. The predicted molar refractivity (Wildman–Crippen MR) is 90.8 cm³/mol. The van der Waals surface area contributed by atoms with Crippen LogP contribution < -0.4 is 5.32 Å². The van der Waals surface area contributed by atoms with Gasteiger partial charge < -0.3 is 14.8 Å². The maximum Gasteiger partial charge on any atom is 0.287 e. The van der Waals surface area contributed by atoms with Crippen molar-refractivity contribution in [3.63, 3.8) is 0 Å². The molecule has 5 rings (SSSR count). The minimum atomic E-state index is -0.148. The highest BCUT2D eigenvalue weighted by Crippen LogP contribution is 2.32. The van der Waals surface area contributed by atoms with Gasteiger partial charge in [-0.05, 0) is 75.2 Å². The van der Waals surface area contributed by atoms with E-state index in [-0.39, 0.29) is 17.7 Å². The van der Waals surface area contributed by atoms with Gasteiger partial charge in [0.1, 0.15) is 11.5 Å². The Balaban J connectivity index is 1.48. The summed E-state index contributed by atoms with van der Waals surface area (Å²) in [6.45, 7) is 4.48. The van der Waals surface area contributed by atoms with Crippen molar-refractivity contribution in [3.05, 3.63) is 42.2 Å². The predicted octanol–water partition coefficient (Wildman–Crippen LogP) is 2.86. The molecule has 0 unspecified atom stereocenters. The standard InChI is InChI=1S/C19H22N2O3/c1-12-18(14-8-10-21(12)11-9-14)20-19(23)17-7-6-16(24-17)13-2-4-15(22)5-3-13/h2-7,12,14,18,22H,8-11H2,1H3,(H,20,23)/t12-,18-/m0/s1. The molecular formula is C19H22N2O3. The third kappa shape index (κ3) is 2.69. The number of fused-ring (bicyclic) bond motifs is 3. The van der Waals surface area contributed by atoms with E-state index < -0.39 is 0 Å². The number of phenolic OH excluding ortho intramolecular Hbond substituents is 1. The summed E-state index contributed by atoms with van der Waals surface area (Å²) in [4.78, 5) is 15.0. The summed E-state index contributed by atoms with van der Waals surface area (Å²) in [5, 5.41) is 12.5. The molecule has 126 valence electrons. The number of carbonyl (C=O) groups excluding carboxylic acids is 1. The number of carbonyl (C=O) groups is 1. The number of hydrogen-bond donors (Lipinski definition) is 2. The molecule has 2 bridgehead atoms. The van der Waals surface area contributed by atoms with Crippen molar-refractivity contribution < 1.29 is 14.3 Å². The molecule has 2 N–H and O–H groups in total. The summed E-state index contributed by atoms with van der Waals surface area (Å²) >= 11 is 0. The Morgan fingerprint density at radius 2 is 1.88 bits per heavy atom. The van der Waals surface area contributed by atoms with Crippen LogP contribution in [0, 0.1) is 5.92 Å². The molecule has 4 heterocycles. The van der Waals surface area contributed by atoms with Gasteiger partial charge in [0.2, 0.25) is 0 Å². The van der Waals surface area contributed by atoms with Crippen LogP contribution in [0.3, 0.4) is 0 Å². The lowest BCUT2D eigenvalue weighted by molar-refractivity contribution is 0.0211. The number of furan rings is 1. The summed E-state index contributed by atoms with van der Waals surface area (Å²) in [6, 6.07) is 10.8. The number of piperidine rings is 3. The van der Waals surface area contributed by atoms with Gasteiger partial charge in [-0.25, -0.2) is 0 Å². The van der Waals surface area contributed by atoms with Crippen LogP contribution in [-0.4, -0.2) is 41.1 Å². The molecule has 2 aromatic rings. The van der Waals surface area contributed by atoms with Crippen molar-refractivity contribution in [3.8, 4) is 17.1 Å². The third-order valence-corrected chi connectivity index (χ3v) is 5.46. The van der Waals surface area contributed by atoms with Gasteiger partial charge in [-0.3, -0.25) is 9.69 Å².